The average molecular weight is 455 g/mol. The molecule has 0 aliphatic rings. The summed E-state index contributed by atoms with van der Waals surface area (Å²) in [5.74, 6) is -4.00. The number of aliphatic carboxylic acids is 1. The van der Waals surface area contributed by atoms with Gasteiger partial charge in [0.05, 0.1) is 24.6 Å². The van der Waals surface area contributed by atoms with Gasteiger partial charge in [0, 0.05) is 11.3 Å². The van der Waals surface area contributed by atoms with Crippen LogP contribution in [0.4, 0.5) is 11.4 Å². The van der Waals surface area contributed by atoms with Gasteiger partial charge in [0.15, 0.2) is 5.96 Å². The maximum Gasteiger partial charge on any atom is 0.325 e. The van der Waals surface area contributed by atoms with E-state index in [1.165, 1.54) is 18.2 Å². The van der Waals surface area contributed by atoms with Gasteiger partial charge in [-0.1, -0.05) is 18.2 Å². The predicted molar refractivity (Wildman–Crippen MR) is 121 cm³/mol. The fourth-order valence-corrected chi connectivity index (χ4v) is 2.90. The van der Waals surface area contributed by atoms with Gasteiger partial charge in [0.1, 0.15) is 6.54 Å². The third kappa shape index (κ3) is 7.98. The molecule has 0 fully saturated rings. The number of carboxylic acids is 1. The number of nitrogens with two attached hydrogens (primary N) is 2. The third-order valence-electron chi connectivity index (χ3n) is 4.34. The topological polar surface area (TPSA) is 186 Å². The van der Waals surface area contributed by atoms with Crippen molar-refractivity contribution >= 4 is 41.1 Å². The minimum absolute atomic E-state index is 0.134. The SMILES string of the molecule is CCOC(=O)CNC(=O)C(CC(=O)O)c1ccc(NC(=O)c2cccc(N=C(N)N)c2)cc1. The fourth-order valence-electron chi connectivity index (χ4n) is 2.90. The zero-order chi connectivity index (χ0) is 24.4. The maximum absolute atomic E-state index is 12.5. The van der Waals surface area contributed by atoms with Crippen LogP contribution in [0.1, 0.15) is 35.2 Å². The van der Waals surface area contributed by atoms with E-state index >= 15 is 0 Å². The summed E-state index contributed by atoms with van der Waals surface area (Å²) < 4.78 is 4.74. The summed E-state index contributed by atoms with van der Waals surface area (Å²) in [5.41, 5.74) is 12.3. The number of nitrogens with one attached hydrogen (secondary N) is 2. The molecule has 0 saturated heterocycles. The molecule has 0 spiro atoms. The highest BCUT2D eigenvalue weighted by atomic mass is 16.5. The van der Waals surface area contributed by atoms with Gasteiger partial charge in [0.25, 0.3) is 5.91 Å². The number of carbonyl (C=O) groups excluding carboxylic acids is 3. The Balaban J connectivity index is 2.11. The van der Waals surface area contributed by atoms with Crippen molar-refractivity contribution < 1.29 is 29.0 Å². The Morgan fingerprint density at radius 2 is 1.79 bits per heavy atom. The Bertz CT molecular complexity index is 1050. The molecule has 0 bridgehead atoms. The van der Waals surface area contributed by atoms with Gasteiger partial charge >= 0.3 is 11.9 Å². The molecule has 2 rings (SSSR count). The molecule has 33 heavy (non-hydrogen) atoms. The summed E-state index contributed by atoms with van der Waals surface area (Å²) >= 11 is 0. The number of aliphatic imine (C=N–C) groups is 1. The van der Waals surface area contributed by atoms with E-state index in [-0.39, 0.29) is 19.1 Å². The number of amides is 2. The van der Waals surface area contributed by atoms with Crippen LogP contribution in [0.2, 0.25) is 0 Å². The van der Waals surface area contributed by atoms with Crippen LogP contribution in [0, 0.1) is 0 Å². The van der Waals surface area contributed by atoms with E-state index in [1.54, 1.807) is 37.3 Å². The van der Waals surface area contributed by atoms with Crippen molar-refractivity contribution in [1.29, 1.82) is 0 Å². The zero-order valence-electron chi connectivity index (χ0n) is 17.9. The second kappa shape index (κ2) is 11.8. The molecule has 0 heterocycles. The highest BCUT2D eigenvalue weighted by Gasteiger charge is 2.24. The zero-order valence-corrected chi connectivity index (χ0v) is 17.9. The third-order valence-corrected chi connectivity index (χ3v) is 4.34. The summed E-state index contributed by atoms with van der Waals surface area (Å²) in [4.78, 5) is 51.6. The molecule has 2 amide bonds. The molecule has 2 aromatic rings. The predicted octanol–water partition coefficient (Wildman–Crippen LogP) is 1.08. The molecule has 7 N–H and O–H groups in total. The summed E-state index contributed by atoms with van der Waals surface area (Å²) in [6, 6.07) is 12.5. The van der Waals surface area contributed by atoms with E-state index in [2.05, 4.69) is 15.6 Å². The van der Waals surface area contributed by atoms with Crippen molar-refractivity contribution in [3.8, 4) is 0 Å². The quantitative estimate of drug-likeness (QED) is 0.200. The van der Waals surface area contributed by atoms with Crippen LogP contribution in [-0.4, -0.2) is 48.0 Å². The number of guanidine groups is 1. The van der Waals surface area contributed by atoms with Gasteiger partial charge in [-0.3, -0.25) is 19.2 Å². The van der Waals surface area contributed by atoms with E-state index in [4.69, 9.17) is 16.2 Å². The van der Waals surface area contributed by atoms with Gasteiger partial charge in [-0.05, 0) is 42.8 Å². The van der Waals surface area contributed by atoms with Crippen molar-refractivity contribution in [2.45, 2.75) is 19.3 Å². The van der Waals surface area contributed by atoms with E-state index in [9.17, 15) is 24.3 Å². The van der Waals surface area contributed by atoms with Gasteiger partial charge in [-0.2, -0.15) is 0 Å². The van der Waals surface area contributed by atoms with Crippen molar-refractivity contribution in [1.82, 2.24) is 5.32 Å². The second-order valence-electron chi connectivity index (χ2n) is 6.84. The van der Waals surface area contributed by atoms with Crippen LogP contribution in [0.15, 0.2) is 53.5 Å². The minimum Gasteiger partial charge on any atom is -0.481 e. The Morgan fingerprint density at radius 1 is 1.09 bits per heavy atom. The maximum atomic E-state index is 12.5. The number of ether oxygens (including phenoxy) is 1. The number of esters is 1. The molecule has 2 aromatic carbocycles. The normalized spacial score (nSPS) is 11.1. The molecule has 0 radical (unpaired) electrons. The number of anilines is 1. The van der Waals surface area contributed by atoms with E-state index < -0.39 is 36.1 Å². The van der Waals surface area contributed by atoms with Gasteiger partial charge < -0.3 is 31.9 Å². The van der Waals surface area contributed by atoms with Crippen LogP contribution in [-0.2, 0) is 19.1 Å². The number of benzene rings is 2. The highest BCUT2D eigenvalue weighted by molar-refractivity contribution is 6.04. The molecular formula is C22H25N5O6. The number of carbonyl (C=O) groups is 4. The lowest BCUT2D eigenvalue weighted by molar-refractivity contribution is -0.143. The Labute approximate surface area is 189 Å². The van der Waals surface area contributed by atoms with E-state index in [1.807, 2.05) is 0 Å². The standard InChI is InChI=1S/C22H25N5O6/c1-2-33-19(30)12-25-21(32)17(11-18(28)29)13-6-8-15(9-7-13)26-20(31)14-4-3-5-16(10-14)27-22(23)24/h3-10,17H,2,11-12H2,1H3,(H,25,32)(H,26,31)(H,28,29)(H4,23,24,27). The molecular weight excluding hydrogens is 430 g/mol. The lowest BCUT2D eigenvalue weighted by Gasteiger charge is -2.16. The van der Waals surface area contributed by atoms with Crippen LogP contribution >= 0.6 is 0 Å². The summed E-state index contributed by atoms with van der Waals surface area (Å²) in [6.07, 6.45) is -0.474. The summed E-state index contributed by atoms with van der Waals surface area (Å²) in [5, 5.41) is 14.3. The molecule has 1 unspecified atom stereocenters. The van der Waals surface area contributed by atoms with Crippen molar-refractivity contribution in [2.75, 3.05) is 18.5 Å². The van der Waals surface area contributed by atoms with Crippen LogP contribution in [0.3, 0.4) is 0 Å². The van der Waals surface area contributed by atoms with E-state index in [0.717, 1.165) is 0 Å². The van der Waals surface area contributed by atoms with E-state index in [0.29, 0.717) is 22.5 Å². The first-order valence-corrected chi connectivity index (χ1v) is 9.95. The molecule has 11 heteroatoms. The highest BCUT2D eigenvalue weighted by Crippen LogP contribution is 2.23. The Kier molecular flexibility index (Phi) is 8.92. The molecule has 174 valence electrons. The first kappa shape index (κ1) is 24.9. The molecule has 0 aromatic heterocycles. The Hall–Kier alpha value is -4.41. The fraction of sp³-hybridized carbons (Fsp3) is 0.227. The lowest BCUT2D eigenvalue weighted by atomic mass is 9.94. The van der Waals surface area contributed by atoms with Gasteiger partial charge in [-0.15, -0.1) is 0 Å². The molecule has 0 aliphatic heterocycles. The van der Waals surface area contributed by atoms with Crippen LogP contribution < -0.4 is 22.1 Å². The van der Waals surface area contributed by atoms with Crippen molar-refractivity contribution in [3.05, 3.63) is 59.7 Å². The molecule has 1 atom stereocenters. The van der Waals surface area contributed by atoms with Crippen LogP contribution in [0.5, 0.6) is 0 Å². The van der Waals surface area contributed by atoms with Crippen molar-refractivity contribution in [3.63, 3.8) is 0 Å². The first-order valence-electron chi connectivity index (χ1n) is 9.95. The van der Waals surface area contributed by atoms with Crippen molar-refractivity contribution in [2.24, 2.45) is 16.5 Å². The Morgan fingerprint density at radius 3 is 2.39 bits per heavy atom. The monoisotopic (exact) mass is 455 g/mol. The first-order chi connectivity index (χ1) is 15.7. The van der Waals surface area contributed by atoms with Gasteiger partial charge in [-0.25, -0.2) is 4.99 Å². The lowest BCUT2D eigenvalue weighted by Crippen LogP contribution is -2.35. The number of carboxylic acid groups (broad SMARTS) is 1. The molecule has 0 aliphatic carbocycles. The number of hydrogen-bond donors (Lipinski definition) is 5. The smallest absolute Gasteiger partial charge is 0.325 e. The summed E-state index contributed by atoms with van der Waals surface area (Å²) in [7, 11) is 0. The van der Waals surface area contributed by atoms with Crippen LogP contribution in [0.25, 0.3) is 0 Å². The number of nitrogens with zero attached hydrogens (tertiary/aromatic N) is 1. The van der Waals surface area contributed by atoms with Gasteiger partial charge in [0.2, 0.25) is 5.91 Å². The number of rotatable bonds is 10. The summed E-state index contributed by atoms with van der Waals surface area (Å²) in [6.45, 7) is 1.43. The minimum atomic E-state index is -1.18. The average Bonchev–Trinajstić information content (AvgIpc) is 2.76. The molecule has 0 saturated carbocycles. The largest absolute Gasteiger partial charge is 0.481 e. The second-order valence-corrected chi connectivity index (χ2v) is 6.84. The number of hydrogen-bond acceptors (Lipinski definition) is 6. The molecule has 11 nitrogen and oxygen atoms in total.